The Kier molecular flexibility index (Phi) is 8.08. The predicted molar refractivity (Wildman–Crippen MR) is 52.9 cm³/mol. The van der Waals surface area contributed by atoms with Gasteiger partial charge in [0.25, 0.3) is 0 Å². The van der Waals surface area contributed by atoms with Crippen molar-refractivity contribution in [3.63, 3.8) is 0 Å². The highest BCUT2D eigenvalue weighted by Crippen LogP contribution is 2.09. The fourth-order valence-corrected chi connectivity index (χ4v) is 0.313. The fraction of sp³-hybridized carbons (Fsp3) is 0. The van der Waals surface area contributed by atoms with Crippen LogP contribution in [-0.2, 0) is 0 Å². The lowest BCUT2D eigenvalue weighted by Crippen LogP contribution is -1.58. The van der Waals surface area contributed by atoms with E-state index in [4.69, 9.17) is 0 Å². The fourth-order valence-electron chi connectivity index (χ4n) is 0.313. The molecule has 0 aliphatic heterocycles. The van der Waals surface area contributed by atoms with Crippen molar-refractivity contribution in [1.82, 2.24) is 6.96 Å². The van der Waals surface area contributed by atoms with E-state index < -0.39 is 0 Å². The highest BCUT2D eigenvalue weighted by molar-refractivity contribution is 9.33. The summed E-state index contributed by atoms with van der Waals surface area (Å²) in [6.07, 6.45) is 3.50. The highest BCUT2D eigenvalue weighted by atomic mass is 80.0. The molecular formula is C5H5Br3N2. The van der Waals surface area contributed by atoms with Gasteiger partial charge in [-0.25, -0.2) is 0 Å². The van der Waals surface area contributed by atoms with E-state index in [-0.39, 0.29) is 0 Å². The van der Waals surface area contributed by atoms with Gasteiger partial charge >= 0.3 is 0 Å². The lowest BCUT2D eigenvalue weighted by molar-refractivity contribution is 1.33. The number of pyridine rings is 1. The van der Waals surface area contributed by atoms with Crippen molar-refractivity contribution in [3.05, 3.63) is 30.6 Å². The van der Waals surface area contributed by atoms with Gasteiger partial charge in [-0.3, -0.25) is 4.98 Å². The molecule has 10 heavy (non-hydrogen) atoms. The summed E-state index contributed by atoms with van der Waals surface area (Å²) < 4.78 is 1.44. The second kappa shape index (κ2) is 7.65. The average Bonchev–Trinajstić information content (AvgIpc) is 1.90. The number of hydrogen-bond acceptors (Lipinski definition) is 2. The van der Waals surface area contributed by atoms with E-state index in [2.05, 4.69) is 53.4 Å². The standard InChI is InChI=1S/C5H5N.Br3N/c1-2-4-6-5-3-1;1-4(2)3/h1-5H;. The third-order valence-corrected chi connectivity index (χ3v) is 0.566. The molecule has 0 unspecified atom stereocenters. The van der Waals surface area contributed by atoms with E-state index in [0.717, 1.165) is 0 Å². The first kappa shape index (κ1) is 10.6. The van der Waals surface area contributed by atoms with Crippen molar-refractivity contribution in [3.8, 4) is 0 Å². The summed E-state index contributed by atoms with van der Waals surface area (Å²) in [5.41, 5.74) is 0. The number of halogens is 3. The Labute approximate surface area is 85.6 Å². The first-order chi connectivity index (χ1) is 4.73. The smallest absolute Gasteiger partial charge is 0.0364 e. The molecule has 0 aliphatic rings. The third-order valence-electron chi connectivity index (χ3n) is 0.566. The van der Waals surface area contributed by atoms with Crippen molar-refractivity contribution in [2.24, 2.45) is 0 Å². The summed E-state index contributed by atoms with van der Waals surface area (Å²) in [6, 6.07) is 5.72. The maximum absolute atomic E-state index is 3.78. The Balaban J connectivity index is 0.000000180. The molecule has 0 saturated carbocycles. The van der Waals surface area contributed by atoms with Crippen LogP contribution in [0.1, 0.15) is 0 Å². The van der Waals surface area contributed by atoms with Crippen molar-refractivity contribution >= 4 is 48.4 Å². The molecule has 2 nitrogen and oxygen atoms in total. The number of hydrogen-bond donors (Lipinski definition) is 0. The molecule has 1 rings (SSSR count). The summed E-state index contributed by atoms with van der Waals surface area (Å²) >= 11 is 8.81. The van der Waals surface area contributed by atoms with Crippen LogP contribution < -0.4 is 0 Å². The Morgan fingerprint density at radius 1 is 0.900 bits per heavy atom. The van der Waals surface area contributed by atoms with Gasteiger partial charge in [-0.15, -0.1) is 1.98 Å². The number of aromatic nitrogens is 1. The Hall–Kier alpha value is 0.550. The Morgan fingerprint density at radius 3 is 1.40 bits per heavy atom. The van der Waals surface area contributed by atoms with Gasteiger partial charge in [-0.1, -0.05) is 6.07 Å². The molecule has 1 heterocycles. The average molecular weight is 333 g/mol. The summed E-state index contributed by atoms with van der Waals surface area (Å²) in [5.74, 6) is 0. The quantitative estimate of drug-likeness (QED) is 0.678. The van der Waals surface area contributed by atoms with E-state index in [0.29, 0.717) is 0 Å². The van der Waals surface area contributed by atoms with Gasteiger partial charge in [0.15, 0.2) is 0 Å². The van der Waals surface area contributed by atoms with Gasteiger partial charge in [0.1, 0.15) is 0 Å². The zero-order valence-corrected chi connectivity index (χ0v) is 9.67. The molecule has 1 aromatic heterocycles. The van der Waals surface area contributed by atoms with Crippen LogP contribution in [0, 0.1) is 0 Å². The van der Waals surface area contributed by atoms with Crippen LogP contribution in [0.4, 0.5) is 0 Å². The van der Waals surface area contributed by atoms with Crippen molar-refractivity contribution in [2.75, 3.05) is 0 Å². The van der Waals surface area contributed by atoms with Gasteiger partial charge in [-0.2, -0.15) is 0 Å². The maximum Gasteiger partial charge on any atom is 0.0364 e. The molecule has 0 aromatic carbocycles. The molecule has 0 fully saturated rings. The molecule has 0 saturated heterocycles. The van der Waals surface area contributed by atoms with Crippen LogP contribution in [0.3, 0.4) is 0 Å². The molecule has 1 aromatic rings. The van der Waals surface area contributed by atoms with Crippen LogP contribution in [0.5, 0.6) is 0 Å². The molecule has 0 N–H and O–H groups in total. The minimum atomic E-state index is 1.44. The lowest BCUT2D eigenvalue weighted by Gasteiger charge is -1.77. The van der Waals surface area contributed by atoms with Crippen molar-refractivity contribution in [1.29, 1.82) is 0 Å². The molecule has 0 bridgehead atoms. The first-order valence-corrected chi connectivity index (χ1v) is 4.48. The van der Waals surface area contributed by atoms with Crippen LogP contribution >= 0.6 is 48.4 Å². The van der Waals surface area contributed by atoms with Gasteiger partial charge < -0.3 is 0 Å². The normalized spacial score (nSPS) is 8.40. The van der Waals surface area contributed by atoms with Gasteiger partial charge in [0.2, 0.25) is 0 Å². The summed E-state index contributed by atoms with van der Waals surface area (Å²) in [4.78, 5) is 3.78. The number of nitrogens with zero attached hydrogens (tertiary/aromatic N) is 2. The monoisotopic (exact) mass is 330 g/mol. The summed E-state index contributed by atoms with van der Waals surface area (Å²) in [7, 11) is 0. The Morgan fingerprint density at radius 2 is 1.30 bits per heavy atom. The van der Waals surface area contributed by atoms with Crippen LogP contribution in [-0.4, -0.2) is 6.96 Å². The Bertz CT molecular complexity index is 115. The minimum absolute atomic E-state index is 1.44. The molecule has 0 atom stereocenters. The zero-order chi connectivity index (χ0) is 7.82. The first-order valence-electron chi connectivity index (χ1n) is 2.36. The van der Waals surface area contributed by atoms with E-state index in [1.54, 1.807) is 12.4 Å². The van der Waals surface area contributed by atoms with Gasteiger partial charge in [-0.05, 0) is 12.1 Å². The molecule has 56 valence electrons. The SMILES string of the molecule is BrN(Br)Br.c1ccncc1. The topological polar surface area (TPSA) is 16.1 Å². The van der Waals surface area contributed by atoms with Crippen LogP contribution in [0.15, 0.2) is 30.6 Å². The molecule has 0 amide bonds. The van der Waals surface area contributed by atoms with Crippen molar-refractivity contribution in [2.45, 2.75) is 0 Å². The predicted octanol–water partition coefficient (Wildman–Crippen LogP) is 3.30. The van der Waals surface area contributed by atoms with Gasteiger partial charge in [0.05, 0.1) is 0 Å². The maximum atomic E-state index is 3.78. The molecule has 0 spiro atoms. The highest BCUT2D eigenvalue weighted by Gasteiger charge is 1.70. The van der Waals surface area contributed by atoms with E-state index in [1.165, 1.54) is 1.98 Å². The van der Waals surface area contributed by atoms with Crippen LogP contribution in [0.2, 0.25) is 0 Å². The third kappa shape index (κ3) is 11.4. The van der Waals surface area contributed by atoms with Crippen LogP contribution in [0.25, 0.3) is 0 Å². The van der Waals surface area contributed by atoms with Crippen molar-refractivity contribution < 1.29 is 0 Å². The van der Waals surface area contributed by atoms with Gasteiger partial charge in [0, 0.05) is 60.8 Å². The molecule has 5 heteroatoms. The molecular weight excluding hydrogens is 328 g/mol. The lowest BCUT2D eigenvalue weighted by atomic mass is 10.5. The molecule has 0 aliphatic carbocycles. The summed E-state index contributed by atoms with van der Waals surface area (Å²) in [5, 5.41) is 0. The summed E-state index contributed by atoms with van der Waals surface area (Å²) in [6.45, 7) is 0. The zero-order valence-electron chi connectivity index (χ0n) is 4.92. The number of rotatable bonds is 0. The second-order valence-corrected chi connectivity index (χ2v) is 6.20. The minimum Gasteiger partial charge on any atom is -0.265 e. The van der Waals surface area contributed by atoms with E-state index in [1.807, 2.05) is 18.2 Å². The largest absolute Gasteiger partial charge is 0.265 e. The van der Waals surface area contributed by atoms with E-state index >= 15 is 0 Å². The second-order valence-electron chi connectivity index (χ2n) is 1.22. The van der Waals surface area contributed by atoms with E-state index in [9.17, 15) is 0 Å². The molecule has 0 radical (unpaired) electrons.